The van der Waals surface area contributed by atoms with E-state index in [1.165, 1.54) is 16.7 Å². The van der Waals surface area contributed by atoms with Crippen LogP contribution in [0.4, 0.5) is 0 Å². The number of aryl methyl sites for hydroxylation is 1. The Morgan fingerprint density at radius 1 is 1.03 bits per heavy atom. The summed E-state index contributed by atoms with van der Waals surface area (Å²) in [5.74, 6) is 1.74. The number of hydrogen-bond donors (Lipinski definition) is 1. The highest BCUT2D eigenvalue weighted by Gasteiger charge is 2.39. The van der Waals surface area contributed by atoms with Gasteiger partial charge in [0.1, 0.15) is 5.76 Å². The van der Waals surface area contributed by atoms with Crippen molar-refractivity contribution < 1.29 is 13.9 Å². The van der Waals surface area contributed by atoms with E-state index in [2.05, 4.69) is 74.6 Å². The van der Waals surface area contributed by atoms with Crippen molar-refractivity contribution in [2.45, 2.75) is 51.9 Å². The van der Waals surface area contributed by atoms with Gasteiger partial charge in [-0.05, 0) is 60.3 Å². The van der Waals surface area contributed by atoms with E-state index in [1.807, 2.05) is 18.2 Å². The molecule has 4 nitrogen and oxygen atoms in total. The van der Waals surface area contributed by atoms with Gasteiger partial charge in [-0.1, -0.05) is 74.0 Å². The Morgan fingerprint density at radius 2 is 1.79 bits per heavy atom. The fraction of sp³-hybridized carbons (Fsp3) is 0.433. The molecular weight excluding hydrogens is 422 g/mol. The van der Waals surface area contributed by atoms with Crippen LogP contribution in [0.2, 0.25) is 0 Å². The fourth-order valence-electron chi connectivity index (χ4n) is 5.37. The van der Waals surface area contributed by atoms with E-state index < -0.39 is 0 Å². The first kappa shape index (κ1) is 24.3. The van der Waals surface area contributed by atoms with Crippen LogP contribution < -0.4 is 5.32 Å². The van der Waals surface area contributed by atoms with Crippen LogP contribution >= 0.6 is 0 Å². The molecule has 0 saturated carbocycles. The van der Waals surface area contributed by atoms with Crippen LogP contribution in [0.15, 0.2) is 77.4 Å². The number of ether oxygens (including phenoxy) is 1. The molecule has 1 fully saturated rings. The minimum atomic E-state index is 0.0366. The van der Waals surface area contributed by atoms with Crippen molar-refractivity contribution in [2.75, 3.05) is 19.8 Å². The summed E-state index contributed by atoms with van der Waals surface area (Å²) < 4.78 is 11.5. The summed E-state index contributed by atoms with van der Waals surface area (Å²) >= 11 is 0. The molecule has 0 aliphatic carbocycles. The Kier molecular flexibility index (Phi) is 7.89. The number of amides is 1. The van der Waals surface area contributed by atoms with Gasteiger partial charge in [-0.25, -0.2) is 0 Å². The van der Waals surface area contributed by atoms with E-state index in [1.54, 1.807) is 6.26 Å². The standard InChI is InChI=1S/C30H37NO3/c1-22-11-13-24(14-12-22)25(28-10-7-18-34-28)15-17-31-29(32)20-26(23-8-5-4-6-9-23)27-16-19-33-21-30(27,2)3/h4-14,18,25-27H,15-17,19-21H2,1-3H3,(H,31,32)/t25-,26-,27+/m1/s1. The molecule has 4 rings (SSSR count). The summed E-state index contributed by atoms with van der Waals surface area (Å²) in [7, 11) is 0. The Labute approximate surface area is 203 Å². The number of carbonyl (C=O) groups is 1. The average Bonchev–Trinajstić information content (AvgIpc) is 3.36. The van der Waals surface area contributed by atoms with Crippen molar-refractivity contribution >= 4 is 5.91 Å². The lowest BCUT2D eigenvalue weighted by Crippen LogP contribution is -2.40. The third-order valence-electron chi connectivity index (χ3n) is 7.29. The summed E-state index contributed by atoms with van der Waals surface area (Å²) in [6.45, 7) is 8.73. The molecule has 1 saturated heterocycles. The Morgan fingerprint density at radius 3 is 2.47 bits per heavy atom. The second-order valence-electron chi connectivity index (χ2n) is 10.3. The molecule has 180 valence electrons. The first-order chi connectivity index (χ1) is 16.4. The summed E-state index contributed by atoms with van der Waals surface area (Å²) in [4.78, 5) is 13.2. The molecule has 2 heterocycles. The van der Waals surface area contributed by atoms with E-state index in [9.17, 15) is 4.79 Å². The fourth-order valence-corrected chi connectivity index (χ4v) is 5.37. The number of furan rings is 1. The average molecular weight is 460 g/mol. The Hall–Kier alpha value is -2.85. The van der Waals surface area contributed by atoms with Gasteiger partial charge in [0.25, 0.3) is 0 Å². The highest BCUT2D eigenvalue weighted by Crippen LogP contribution is 2.44. The largest absolute Gasteiger partial charge is 0.469 e. The van der Waals surface area contributed by atoms with Gasteiger partial charge in [0.2, 0.25) is 5.91 Å². The van der Waals surface area contributed by atoms with Crippen molar-refractivity contribution in [3.63, 3.8) is 0 Å². The summed E-state index contributed by atoms with van der Waals surface area (Å²) in [5.41, 5.74) is 3.72. The molecule has 0 unspecified atom stereocenters. The number of carbonyl (C=O) groups excluding carboxylic acids is 1. The lowest BCUT2D eigenvalue weighted by molar-refractivity contribution is -0.122. The SMILES string of the molecule is Cc1ccc([C@@H](CCNC(=O)C[C@H](c2ccccc2)[C@@H]2CCOCC2(C)C)c2ccco2)cc1. The normalized spacial score (nSPS) is 19.3. The first-order valence-corrected chi connectivity index (χ1v) is 12.4. The predicted molar refractivity (Wildman–Crippen MR) is 136 cm³/mol. The van der Waals surface area contributed by atoms with Crippen LogP contribution in [-0.4, -0.2) is 25.7 Å². The van der Waals surface area contributed by atoms with Crippen molar-refractivity contribution in [3.8, 4) is 0 Å². The number of rotatable bonds is 9. The number of nitrogens with one attached hydrogen (secondary N) is 1. The highest BCUT2D eigenvalue weighted by atomic mass is 16.5. The summed E-state index contributed by atoms with van der Waals surface area (Å²) in [6.07, 6.45) is 3.98. The molecule has 3 atom stereocenters. The van der Waals surface area contributed by atoms with E-state index in [4.69, 9.17) is 9.15 Å². The van der Waals surface area contributed by atoms with Crippen molar-refractivity contribution in [1.82, 2.24) is 5.32 Å². The molecule has 2 aromatic carbocycles. The molecule has 1 aliphatic heterocycles. The second-order valence-corrected chi connectivity index (χ2v) is 10.3. The van der Waals surface area contributed by atoms with Gasteiger partial charge in [0, 0.05) is 25.5 Å². The molecule has 3 aromatic rings. The quantitative estimate of drug-likeness (QED) is 0.399. The van der Waals surface area contributed by atoms with Gasteiger partial charge in [0.05, 0.1) is 12.9 Å². The van der Waals surface area contributed by atoms with Crippen LogP contribution in [0.25, 0.3) is 0 Å². The maximum atomic E-state index is 13.2. The van der Waals surface area contributed by atoms with Gasteiger partial charge in [-0.2, -0.15) is 0 Å². The molecule has 0 spiro atoms. The van der Waals surface area contributed by atoms with Crippen LogP contribution in [0, 0.1) is 18.3 Å². The minimum absolute atomic E-state index is 0.0366. The molecule has 1 amide bonds. The lowest BCUT2D eigenvalue weighted by Gasteiger charge is -2.43. The monoisotopic (exact) mass is 459 g/mol. The molecule has 1 aliphatic rings. The van der Waals surface area contributed by atoms with Crippen molar-refractivity contribution in [2.24, 2.45) is 11.3 Å². The number of benzene rings is 2. The highest BCUT2D eigenvalue weighted by molar-refractivity contribution is 5.77. The Bertz CT molecular complexity index is 1020. The van der Waals surface area contributed by atoms with Crippen molar-refractivity contribution in [3.05, 3.63) is 95.4 Å². The topological polar surface area (TPSA) is 51.5 Å². The molecule has 34 heavy (non-hydrogen) atoms. The zero-order valence-corrected chi connectivity index (χ0v) is 20.6. The molecular formula is C30H37NO3. The zero-order valence-electron chi connectivity index (χ0n) is 20.6. The van der Waals surface area contributed by atoms with E-state index in [0.717, 1.165) is 31.8 Å². The number of hydrogen-bond acceptors (Lipinski definition) is 3. The molecule has 1 N–H and O–H groups in total. The maximum Gasteiger partial charge on any atom is 0.220 e. The molecule has 0 radical (unpaired) electrons. The van der Waals surface area contributed by atoms with E-state index in [0.29, 0.717) is 18.9 Å². The second kappa shape index (κ2) is 11.1. The van der Waals surface area contributed by atoms with Gasteiger partial charge < -0.3 is 14.5 Å². The van der Waals surface area contributed by atoms with Crippen LogP contribution in [0.3, 0.4) is 0 Å². The Balaban J connectivity index is 1.42. The van der Waals surface area contributed by atoms with Crippen LogP contribution in [0.1, 0.15) is 67.4 Å². The zero-order chi connectivity index (χ0) is 24.0. The lowest BCUT2D eigenvalue weighted by atomic mass is 9.66. The summed E-state index contributed by atoms with van der Waals surface area (Å²) in [5, 5.41) is 3.21. The van der Waals surface area contributed by atoms with Gasteiger partial charge in [-0.3, -0.25) is 4.79 Å². The summed E-state index contributed by atoms with van der Waals surface area (Å²) in [6, 6.07) is 23.0. The van der Waals surface area contributed by atoms with Gasteiger partial charge >= 0.3 is 0 Å². The maximum absolute atomic E-state index is 13.2. The molecule has 4 heteroatoms. The molecule has 1 aromatic heterocycles. The van der Waals surface area contributed by atoms with Crippen molar-refractivity contribution in [1.29, 1.82) is 0 Å². The van der Waals surface area contributed by atoms with Crippen LogP contribution in [-0.2, 0) is 9.53 Å². The van der Waals surface area contributed by atoms with E-state index >= 15 is 0 Å². The predicted octanol–water partition coefficient (Wildman–Crippen LogP) is 6.46. The van der Waals surface area contributed by atoms with Gasteiger partial charge in [0.15, 0.2) is 0 Å². The minimum Gasteiger partial charge on any atom is -0.469 e. The smallest absolute Gasteiger partial charge is 0.220 e. The molecule has 0 bridgehead atoms. The van der Waals surface area contributed by atoms with Crippen LogP contribution in [0.5, 0.6) is 0 Å². The third-order valence-corrected chi connectivity index (χ3v) is 7.29. The first-order valence-electron chi connectivity index (χ1n) is 12.4. The third kappa shape index (κ3) is 5.98. The van der Waals surface area contributed by atoms with Gasteiger partial charge in [-0.15, -0.1) is 0 Å². The van der Waals surface area contributed by atoms with E-state index in [-0.39, 0.29) is 23.2 Å².